The Morgan fingerprint density at radius 3 is 2.38 bits per heavy atom. The number of rotatable bonds is 11. The predicted octanol–water partition coefficient (Wildman–Crippen LogP) is 5.22. The van der Waals surface area contributed by atoms with Gasteiger partial charge in [0.05, 0.1) is 17.1 Å². The summed E-state index contributed by atoms with van der Waals surface area (Å²) in [7, 11) is 0. The lowest BCUT2D eigenvalue weighted by Gasteiger charge is -2.08. The van der Waals surface area contributed by atoms with E-state index in [0.717, 1.165) is 12.8 Å². The van der Waals surface area contributed by atoms with Crippen LogP contribution in [0.1, 0.15) is 54.9 Å². The molecule has 0 aliphatic rings. The van der Waals surface area contributed by atoms with Gasteiger partial charge in [-0.3, -0.25) is 14.4 Å². The average Bonchev–Trinajstić information content (AvgIpc) is 2.73. The molecule has 0 bridgehead atoms. The Labute approximate surface area is 176 Å². The number of ether oxygens (including phenoxy) is 1. The van der Waals surface area contributed by atoms with Crippen molar-refractivity contribution in [1.29, 1.82) is 0 Å². The number of amides is 1. The Morgan fingerprint density at radius 2 is 1.69 bits per heavy atom. The molecule has 0 radical (unpaired) electrons. The van der Waals surface area contributed by atoms with Crippen LogP contribution in [0.2, 0.25) is 5.02 Å². The Hall–Kier alpha value is -2.66. The number of carbonyl (C=O) groups excluding carboxylic acids is 3. The second-order valence-corrected chi connectivity index (χ2v) is 7.17. The van der Waals surface area contributed by atoms with Crippen LogP contribution >= 0.6 is 11.6 Å². The largest absolute Gasteiger partial charge is 0.456 e. The molecule has 5 nitrogen and oxygen atoms in total. The first-order valence-electron chi connectivity index (χ1n) is 9.81. The maximum atomic E-state index is 12.2. The minimum Gasteiger partial charge on any atom is -0.456 e. The maximum absolute atomic E-state index is 12.2. The fourth-order valence-corrected chi connectivity index (χ4v) is 2.95. The number of nitrogens with one attached hydrogen (secondary N) is 1. The molecule has 154 valence electrons. The molecule has 2 aromatic rings. The van der Waals surface area contributed by atoms with Crippen LogP contribution in [0.25, 0.3) is 0 Å². The number of Topliss-reactive ketones (excluding diaryl/α,β-unsaturated/α-hetero) is 1. The number of unbranched alkanes of at least 4 members (excludes halogenated alkanes) is 2. The lowest BCUT2D eigenvalue weighted by Crippen LogP contribution is -2.21. The minimum absolute atomic E-state index is 0.0418. The second-order valence-electron chi connectivity index (χ2n) is 6.77. The average molecular weight is 416 g/mol. The zero-order valence-electron chi connectivity index (χ0n) is 16.6. The third-order valence-electron chi connectivity index (χ3n) is 4.41. The second kappa shape index (κ2) is 12.0. The number of carbonyl (C=O) groups is 3. The van der Waals surface area contributed by atoms with E-state index in [4.69, 9.17) is 16.3 Å². The molecule has 0 heterocycles. The van der Waals surface area contributed by atoms with E-state index >= 15 is 0 Å². The summed E-state index contributed by atoms with van der Waals surface area (Å²) in [6.07, 6.45) is 4.48. The van der Waals surface area contributed by atoms with E-state index in [2.05, 4.69) is 12.2 Å². The molecule has 0 fully saturated rings. The van der Waals surface area contributed by atoms with Crippen molar-refractivity contribution in [1.82, 2.24) is 0 Å². The van der Waals surface area contributed by atoms with Gasteiger partial charge in [0.1, 0.15) is 0 Å². The van der Waals surface area contributed by atoms with Crippen LogP contribution < -0.4 is 5.32 Å². The van der Waals surface area contributed by atoms with E-state index < -0.39 is 18.5 Å². The summed E-state index contributed by atoms with van der Waals surface area (Å²) >= 11 is 5.96. The molecule has 2 aromatic carbocycles. The van der Waals surface area contributed by atoms with Gasteiger partial charge >= 0.3 is 5.97 Å². The van der Waals surface area contributed by atoms with Crippen molar-refractivity contribution in [2.24, 2.45) is 0 Å². The normalized spacial score (nSPS) is 10.4. The highest BCUT2D eigenvalue weighted by atomic mass is 35.5. The summed E-state index contributed by atoms with van der Waals surface area (Å²) in [5.41, 5.74) is 2.23. The number of para-hydroxylation sites is 1. The SMILES string of the molecule is CCCCCc1ccc(C(=O)CCC(=O)OCC(=O)Nc2ccccc2Cl)cc1. The van der Waals surface area contributed by atoms with E-state index in [1.807, 2.05) is 12.1 Å². The number of hydrogen-bond acceptors (Lipinski definition) is 4. The standard InChI is InChI=1S/C23H26ClNO4/c1-2-3-4-7-17-10-12-18(13-11-17)21(26)14-15-23(28)29-16-22(27)25-20-9-6-5-8-19(20)24/h5-6,8-13H,2-4,7,14-16H2,1H3,(H,25,27). The number of ketones is 1. The molecule has 29 heavy (non-hydrogen) atoms. The monoisotopic (exact) mass is 415 g/mol. The topological polar surface area (TPSA) is 72.5 Å². The smallest absolute Gasteiger partial charge is 0.306 e. The molecule has 0 atom stereocenters. The van der Waals surface area contributed by atoms with Gasteiger partial charge in [-0.1, -0.05) is 67.8 Å². The molecule has 0 saturated carbocycles. The fourth-order valence-electron chi connectivity index (χ4n) is 2.76. The highest BCUT2D eigenvalue weighted by molar-refractivity contribution is 6.33. The summed E-state index contributed by atoms with van der Waals surface area (Å²) in [6, 6.07) is 14.3. The van der Waals surface area contributed by atoms with E-state index in [1.165, 1.54) is 18.4 Å². The molecule has 2 rings (SSSR count). The van der Waals surface area contributed by atoms with Gasteiger partial charge in [-0.15, -0.1) is 0 Å². The molecule has 6 heteroatoms. The van der Waals surface area contributed by atoms with Crippen molar-refractivity contribution < 1.29 is 19.1 Å². The fraction of sp³-hybridized carbons (Fsp3) is 0.348. The van der Waals surface area contributed by atoms with E-state index in [9.17, 15) is 14.4 Å². The Bertz CT molecular complexity index is 833. The van der Waals surface area contributed by atoms with E-state index in [0.29, 0.717) is 16.3 Å². The minimum atomic E-state index is -0.594. The number of aryl methyl sites for hydroxylation is 1. The lowest BCUT2D eigenvalue weighted by atomic mass is 10.0. The van der Waals surface area contributed by atoms with Gasteiger partial charge < -0.3 is 10.1 Å². The van der Waals surface area contributed by atoms with E-state index in [-0.39, 0.29) is 18.6 Å². The summed E-state index contributed by atoms with van der Waals surface area (Å²) in [6.45, 7) is 1.74. The summed E-state index contributed by atoms with van der Waals surface area (Å²) in [5.74, 6) is -1.21. The molecule has 1 N–H and O–H groups in total. The lowest BCUT2D eigenvalue weighted by molar-refractivity contribution is -0.147. The van der Waals surface area contributed by atoms with Gasteiger partial charge in [-0.25, -0.2) is 0 Å². The van der Waals surface area contributed by atoms with Gasteiger partial charge in [-0.2, -0.15) is 0 Å². The van der Waals surface area contributed by atoms with Crippen LogP contribution in [0.5, 0.6) is 0 Å². The van der Waals surface area contributed by atoms with Crippen molar-refractivity contribution in [2.45, 2.75) is 45.4 Å². The first kappa shape index (κ1) is 22.6. The molecular weight excluding hydrogens is 390 g/mol. The van der Waals surface area contributed by atoms with Crippen LogP contribution in [0, 0.1) is 0 Å². The van der Waals surface area contributed by atoms with Crippen LogP contribution in [0.4, 0.5) is 5.69 Å². The van der Waals surface area contributed by atoms with Crippen molar-refractivity contribution in [3.63, 3.8) is 0 Å². The number of halogens is 1. The third-order valence-corrected chi connectivity index (χ3v) is 4.74. The number of anilines is 1. The number of benzene rings is 2. The van der Waals surface area contributed by atoms with Crippen molar-refractivity contribution in [3.8, 4) is 0 Å². The van der Waals surface area contributed by atoms with Crippen molar-refractivity contribution >= 4 is 34.9 Å². The zero-order chi connectivity index (χ0) is 21.1. The highest BCUT2D eigenvalue weighted by Gasteiger charge is 2.13. The van der Waals surface area contributed by atoms with Gasteiger partial charge in [0.2, 0.25) is 0 Å². The van der Waals surface area contributed by atoms with Gasteiger partial charge in [0, 0.05) is 12.0 Å². The summed E-state index contributed by atoms with van der Waals surface area (Å²) < 4.78 is 4.93. The quantitative estimate of drug-likeness (QED) is 0.310. The van der Waals surface area contributed by atoms with E-state index in [1.54, 1.807) is 36.4 Å². The van der Waals surface area contributed by atoms with Crippen LogP contribution in [-0.2, 0) is 20.7 Å². The Morgan fingerprint density at radius 1 is 0.966 bits per heavy atom. The molecule has 1 amide bonds. The highest BCUT2D eigenvalue weighted by Crippen LogP contribution is 2.20. The molecule has 0 unspecified atom stereocenters. The van der Waals surface area contributed by atoms with Crippen LogP contribution in [0.3, 0.4) is 0 Å². The van der Waals surface area contributed by atoms with Crippen molar-refractivity contribution in [2.75, 3.05) is 11.9 Å². The predicted molar refractivity (Wildman–Crippen MR) is 114 cm³/mol. The third kappa shape index (κ3) is 8.08. The molecule has 0 aromatic heterocycles. The molecule has 0 aliphatic carbocycles. The number of esters is 1. The van der Waals surface area contributed by atoms with Crippen molar-refractivity contribution in [3.05, 3.63) is 64.7 Å². The van der Waals surface area contributed by atoms with Gasteiger partial charge in [-0.05, 0) is 30.5 Å². The van der Waals surface area contributed by atoms with Gasteiger partial charge in [0.25, 0.3) is 5.91 Å². The maximum Gasteiger partial charge on any atom is 0.306 e. The Balaban J connectivity index is 1.70. The Kier molecular flexibility index (Phi) is 9.38. The molecule has 0 aliphatic heterocycles. The number of hydrogen-bond donors (Lipinski definition) is 1. The molecule has 0 saturated heterocycles. The summed E-state index contributed by atoms with van der Waals surface area (Å²) in [5, 5.41) is 2.96. The molecular formula is C23H26ClNO4. The first-order valence-corrected chi connectivity index (χ1v) is 10.2. The van der Waals surface area contributed by atoms with Gasteiger partial charge in [0.15, 0.2) is 12.4 Å². The van der Waals surface area contributed by atoms with Crippen LogP contribution in [0.15, 0.2) is 48.5 Å². The van der Waals surface area contributed by atoms with Crippen LogP contribution in [-0.4, -0.2) is 24.3 Å². The zero-order valence-corrected chi connectivity index (χ0v) is 17.3. The summed E-state index contributed by atoms with van der Waals surface area (Å²) in [4.78, 5) is 35.9. The first-order chi connectivity index (χ1) is 14.0. The molecule has 0 spiro atoms.